The van der Waals surface area contributed by atoms with E-state index in [1.54, 1.807) is 16.7 Å². The Kier molecular flexibility index (Phi) is 10.3. The maximum Gasteiger partial charge on any atom is 0.255 e. The molecule has 4 fully saturated rings. The summed E-state index contributed by atoms with van der Waals surface area (Å²) in [5.74, 6) is 0.841. The van der Waals surface area contributed by atoms with Gasteiger partial charge in [-0.3, -0.25) is 24.6 Å². The van der Waals surface area contributed by atoms with Gasteiger partial charge in [-0.1, -0.05) is 17.8 Å². The number of rotatable bonds is 9. The molecule has 2 aromatic carbocycles. The zero-order valence-electron chi connectivity index (χ0n) is 30.6. The summed E-state index contributed by atoms with van der Waals surface area (Å²) in [5, 5.41) is 7.00. The highest BCUT2D eigenvalue weighted by Gasteiger charge is 2.39. The molecule has 4 aliphatic heterocycles. The normalized spacial score (nSPS) is 25.0. The molecule has 1 aromatic heterocycles. The number of nitrogens with zero attached hydrogens (tertiary/aromatic N) is 6. The molecule has 3 aromatic rings. The molecule has 53 heavy (non-hydrogen) atoms. The Balaban J connectivity index is 0.766. The SMILES string of the molecule is CC1(N)CCN(c2cnc(Sc3cccc(NCC4CCC(N5CCN(c6ccc7c(c6)CN(C6CCC(=O)NC6=O)C7=O)CC5)CC4)c3)cn2)CC1. The van der Waals surface area contributed by atoms with Gasteiger partial charge in [0, 0.05) is 92.2 Å². The summed E-state index contributed by atoms with van der Waals surface area (Å²) in [6.07, 6.45) is 11.3. The molecule has 12 nitrogen and oxygen atoms in total. The molecule has 1 unspecified atom stereocenters. The molecule has 1 atom stereocenters. The molecule has 0 spiro atoms. The van der Waals surface area contributed by atoms with E-state index in [4.69, 9.17) is 15.7 Å². The maximum atomic E-state index is 13.1. The average molecular weight is 738 g/mol. The molecule has 280 valence electrons. The van der Waals surface area contributed by atoms with Crippen LogP contribution in [0.3, 0.4) is 0 Å². The summed E-state index contributed by atoms with van der Waals surface area (Å²) in [4.78, 5) is 56.8. The number of amides is 3. The van der Waals surface area contributed by atoms with Gasteiger partial charge in [-0.05, 0) is 99.7 Å². The number of hydrogen-bond acceptors (Lipinski definition) is 11. The molecule has 4 N–H and O–H groups in total. The standard InChI is InChI=1S/C40H51N9O3S/c1-40(41)13-15-48(16-14-40)35-24-44-37(25-43-35)53-32-4-2-3-29(22-32)42-23-27-5-7-30(8-6-27)46-17-19-47(20-18-46)31-9-10-33-28(21-31)26-49(39(33)52)34-11-12-36(50)45-38(34)51/h2-4,9-10,21-22,24-25,27,30,34,42H,5-8,11-20,23,26,41H2,1H3,(H,45,50,51). The van der Waals surface area contributed by atoms with Crippen molar-refractivity contribution in [2.75, 3.05) is 60.9 Å². The Morgan fingerprint density at radius 3 is 2.43 bits per heavy atom. The number of anilines is 3. The van der Waals surface area contributed by atoms with Crippen LogP contribution in [-0.2, 0) is 16.1 Å². The number of nitrogens with two attached hydrogens (primary N) is 1. The van der Waals surface area contributed by atoms with E-state index < -0.39 is 6.04 Å². The molecule has 5 aliphatic rings. The molecule has 0 bridgehead atoms. The second-order valence-electron chi connectivity index (χ2n) is 15.8. The van der Waals surface area contributed by atoms with Crippen LogP contribution in [0.4, 0.5) is 17.2 Å². The predicted octanol–water partition coefficient (Wildman–Crippen LogP) is 4.50. The molecule has 8 rings (SSSR count). The summed E-state index contributed by atoms with van der Waals surface area (Å²) in [7, 11) is 0. The number of benzene rings is 2. The molecular weight excluding hydrogens is 687 g/mol. The zero-order chi connectivity index (χ0) is 36.5. The zero-order valence-corrected chi connectivity index (χ0v) is 31.5. The monoisotopic (exact) mass is 737 g/mol. The highest BCUT2D eigenvalue weighted by molar-refractivity contribution is 7.99. The largest absolute Gasteiger partial charge is 0.385 e. The van der Waals surface area contributed by atoms with E-state index in [0.29, 0.717) is 30.5 Å². The Morgan fingerprint density at radius 2 is 1.70 bits per heavy atom. The fraction of sp³-hybridized carbons (Fsp3) is 0.525. The number of aromatic nitrogens is 2. The predicted molar refractivity (Wildman–Crippen MR) is 207 cm³/mol. The van der Waals surface area contributed by atoms with Crippen LogP contribution in [0.2, 0.25) is 0 Å². The summed E-state index contributed by atoms with van der Waals surface area (Å²) in [6, 6.07) is 14.7. The highest BCUT2D eigenvalue weighted by Crippen LogP contribution is 2.34. The van der Waals surface area contributed by atoms with Crippen molar-refractivity contribution >= 4 is 46.7 Å². The van der Waals surface area contributed by atoms with E-state index in [1.165, 1.54) is 25.7 Å². The first-order chi connectivity index (χ1) is 25.7. The number of fused-ring (bicyclic) bond motifs is 1. The average Bonchev–Trinajstić information content (AvgIpc) is 3.49. The lowest BCUT2D eigenvalue weighted by atomic mass is 9.85. The quantitative estimate of drug-likeness (QED) is 0.268. The van der Waals surface area contributed by atoms with Crippen LogP contribution < -0.4 is 26.2 Å². The van der Waals surface area contributed by atoms with E-state index >= 15 is 0 Å². The summed E-state index contributed by atoms with van der Waals surface area (Å²) >= 11 is 1.64. The van der Waals surface area contributed by atoms with Gasteiger partial charge in [-0.15, -0.1) is 0 Å². The van der Waals surface area contributed by atoms with Gasteiger partial charge < -0.3 is 25.8 Å². The molecular formula is C40H51N9O3S. The minimum atomic E-state index is -0.583. The Bertz CT molecular complexity index is 1810. The van der Waals surface area contributed by atoms with Crippen LogP contribution >= 0.6 is 11.8 Å². The summed E-state index contributed by atoms with van der Waals surface area (Å²) < 4.78 is 0. The van der Waals surface area contributed by atoms with Gasteiger partial charge in [0.15, 0.2) is 0 Å². The van der Waals surface area contributed by atoms with Crippen molar-refractivity contribution in [3.63, 3.8) is 0 Å². The molecule has 5 heterocycles. The second kappa shape index (κ2) is 15.3. The van der Waals surface area contributed by atoms with Gasteiger partial charge in [-0.25, -0.2) is 9.97 Å². The number of carbonyl (C=O) groups is 3. The maximum absolute atomic E-state index is 13.1. The molecule has 1 saturated carbocycles. The van der Waals surface area contributed by atoms with Gasteiger partial charge >= 0.3 is 0 Å². The smallest absolute Gasteiger partial charge is 0.255 e. The van der Waals surface area contributed by atoms with E-state index in [-0.39, 0.29) is 29.7 Å². The first kappa shape index (κ1) is 35.8. The van der Waals surface area contributed by atoms with E-state index in [2.05, 4.69) is 62.6 Å². The first-order valence-electron chi connectivity index (χ1n) is 19.3. The van der Waals surface area contributed by atoms with Crippen LogP contribution in [0, 0.1) is 5.92 Å². The lowest BCUT2D eigenvalue weighted by molar-refractivity contribution is -0.136. The summed E-state index contributed by atoms with van der Waals surface area (Å²) in [6.45, 7) is 9.36. The number of hydrogen-bond donors (Lipinski definition) is 3. The van der Waals surface area contributed by atoms with Gasteiger partial charge in [-0.2, -0.15) is 0 Å². The number of nitrogens with one attached hydrogen (secondary N) is 2. The minimum absolute atomic E-state index is 0.0816. The highest BCUT2D eigenvalue weighted by atomic mass is 32.2. The molecule has 3 amide bonds. The molecule has 3 saturated heterocycles. The summed E-state index contributed by atoms with van der Waals surface area (Å²) in [5.41, 5.74) is 10.1. The third kappa shape index (κ3) is 8.17. The first-order valence-corrected chi connectivity index (χ1v) is 20.1. The van der Waals surface area contributed by atoms with Crippen LogP contribution in [0.5, 0.6) is 0 Å². The Hall–Kier alpha value is -4.20. The number of carbonyl (C=O) groups excluding carboxylic acids is 3. The van der Waals surface area contributed by atoms with E-state index in [0.717, 1.165) is 91.3 Å². The van der Waals surface area contributed by atoms with E-state index in [9.17, 15) is 14.4 Å². The molecule has 1 aliphatic carbocycles. The van der Waals surface area contributed by atoms with E-state index in [1.807, 2.05) is 24.5 Å². The van der Waals surface area contributed by atoms with Crippen molar-refractivity contribution in [3.8, 4) is 0 Å². The topological polar surface area (TPSA) is 140 Å². The van der Waals surface area contributed by atoms with Crippen molar-refractivity contribution in [1.82, 2.24) is 25.1 Å². The van der Waals surface area contributed by atoms with Crippen molar-refractivity contribution in [3.05, 3.63) is 66.0 Å². The fourth-order valence-corrected chi connectivity index (χ4v) is 9.43. The number of piperidine rings is 2. The lowest BCUT2D eigenvalue weighted by Gasteiger charge is -2.42. The minimum Gasteiger partial charge on any atom is -0.385 e. The Morgan fingerprint density at radius 1 is 0.906 bits per heavy atom. The second-order valence-corrected chi connectivity index (χ2v) is 16.9. The van der Waals surface area contributed by atoms with Crippen LogP contribution in [-0.4, -0.2) is 101 Å². The van der Waals surface area contributed by atoms with Crippen molar-refractivity contribution < 1.29 is 14.4 Å². The number of piperazine rings is 1. The third-order valence-electron chi connectivity index (χ3n) is 12.0. The Labute approximate surface area is 316 Å². The van der Waals surface area contributed by atoms with Gasteiger partial charge in [0.2, 0.25) is 11.8 Å². The van der Waals surface area contributed by atoms with Gasteiger partial charge in [0.05, 0.1) is 12.4 Å². The lowest BCUT2D eigenvalue weighted by Crippen LogP contribution is -2.52. The van der Waals surface area contributed by atoms with Crippen LogP contribution in [0.25, 0.3) is 0 Å². The molecule has 0 radical (unpaired) electrons. The van der Waals surface area contributed by atoms with Crippen molar-refractivity contribution in [1.29, 1.82) is 0 Å². The third-order valence-corrected chi connectivity index (χ3v) is 12.9. The fourth-order valence-electron chi connectivity index (χ4n) is 8.64. The van der Waals surface area contributed by atoms with Crippen molar-refractivity contribution in [2.24, 2.45) is 11.7 Å². The van der Waals surface area contributed by atoms with Crippen molar-refractivity contribution in [2.45, 2.75) is 92.4 Å². The van der Waals surface area contributed by atoms with Gasteiger partial charge in [0.1, 0.15) is 16.9 Å². The van der Waals surface area contributed by atoms with Crippen LogP contribution in [0.1, 0.15) is 74.2 Å². The number of imide groups is 1. The van der Waals surface area contributed by atoms with Gasteiger partial charge in [0.25, 0.3) is 5.91 Å². The molecule has 13 heteroatoms. The van der Waals surface area contributed by atoms with Crippen LogP contribution in [0.15, 0.2) is 64.8 Å².